The molecule has 2 aromatic rings. The van der Waals surface area contributed by atoms with Gasteiger partial charge in [-0.2, -0.15) is 0 Å². The van der Waals surface area contributed by atoms with Crippen LogP contribution in [0.5, 0.6) is 11.5 Å². The number of hydrogen-bond acceptors (Lipinski definition) is 6. The number of amides is 1. The van der Waals surface area contributed by atoms with Gasteiger partial charge in [-0.15, -0.1) is 0 Å². The quantitative estimate of drug-likeness (QED) is 0.723. The molecule has 7 heteroatoms. The van der Waals surface area contributed by atoms with E-state index in [2.05, 4.69) is 15.6 Å². The highest BCUT2D eigenvalue weighted by atomic mass is 16.5. The van der Waals surface area contributed by atoms with Gasteiger partial charge in [-0.05, 0) is 24.3 Å². The van der Waals surface area contributed by atoms with Crippen molar-refractivity contribution in [1.82, 2.24) is 4.98 Å². The lowest BCUT2D eigenvalue weighted by Crippen LogP contribution is -2.14. The summed E-state index contributed by atoms with van der Waals surface area (Å²) >= 11 is 0. The Morgan fingerprint density at radius 2 is 1.88 bits per heavy atom. The van der Waals surface area contributed by atoms with Crippen molar-refractivity contribution in [3.05, 3.63) is 42.1 Å². The van der Waals surface area contributed by atoms with Gasteiger partial charge < -0.3 is 24.8 Å². The summed E-state index contributed by atoms with van der Waals surface area (Å²) in [4.78, 5) is 16.6. The summed E-state index contributed by atoms with van der Waals surface area (Å²) in [6.45, 7) is 1.17. The largest absolute Gasteiger partial charge is 0.493 e. The normalized spacial score (nSPS) is 10.1. The summed E-state index contributed by atoms with van der Waals surface area (Å²) in [5.41, 5.74) is 1.11. The van der Waals surface area contributed by atoms with E-state index in [1.807, 2.05) is 0 Å². The van der Waals surface area contributed by atoms with E-state index in [1.54, 1.807) is 57.9 Å². The molecule has 7 nitrogen and oxygen atoms in total. The third-order valence-corrected chi connectivity index (χ3v) is 3.28. The van der Waals surface area contributed by atoms with E-state index in [1.165, 1.54) is 0 Å². The SMILES string of the molecule is COCCNc1cc(C(=O)Nc2ccc(OC)c(OC)c2)ccn1. The molecule has 0 radical (unpaired) electrons. The Kier molecular flexibility index (Phi) is 6.39. The van der Waals surface area contributed by atoms with Crippen LogP contribution >= 0.6 is 0 Å². The standard InChI is InChI=1S/C17H21N3O4/c1-22-9-8-19-16-10-12(6-7-18-16)17(21)20-13-4-5-14(23-2)15(11-13)24-3/h4-7,10-11H,8-9H2,1-3H3,(H,18,19)(H,20,21). The first-order valence-electron chi connectivity index (χ1n) is 7.40. The van der Waals surface area contributed by atoms with Gasteiger partial charge in [0.25, 0.3) is 5.91 Å². The molecule has 2 N–H and O–H groups in total. The lowest BCUT2D eigenvalue weighted by Gasteiger charge is -2.11. The summed E-state index contributed by atoms with van der Waals surface area (Å²) in [5, 5.41) is 5.91. The molecule has 1 aromatic heterocycles. The molecule has 0 aliphatic heterocycles. The zero-order valence-electron chi connectivity index (χ0n) is 14.0. The van der Waals surface area contributed by atoms with Gasteiger partial charge in [-0.25, -0.2) is 4.98 Å². The second kappa shape index (κ2) is 8.73. The molecule has 0 fully saturated rings. The maximum absolute atomic E-state index is 12.4. The van der Waals surface area contributed by atoms with Gasteiger partial charge in [-0.3, -0.25) is 4.79 Å². The molecule has 0 aliphatic rings. The first kappa shape index (κ1) is 17.6. The van der Waals surface area contributed by atoms with Crippen LogP contribution in [-0.4, -0.2) is 45.4 Å². The predicted molar refractivity (Wildman–Crippen MR) is 92.1 cm³/mol. The summed E-state index contributed by atoms with van der Waals surface area (Å²) in [6.07, 6.45) is 1.58. The molecule has 0 aliphatic carbocycles. The van der Waals surface area contributed by atoms with Gasteiger partial charge in [0.2, 0.25) is 0 Å². The van der Waals surface area contributed by atoms with Gasteiger partial charge in [0.05, 0.1) is 20.8 Å². The number of pyridine rings is 1. The topological polar surface area (TPSA) is 81.7 Å². The number of ether oxygens (including phenoxy) is 3. The highest BCUT2D eigenvalue weighted by molar-refractivity contribution is 6.04. The number of methoxy groups -OCH3 is 3. The molecule has 0 unspecified atom stereocenters. The number of carbonyl (C=O) groups is 1. The maximum Gasteiger partial charge on any atom is 0.255 e. The van der Waals surface area contributed by atoms with Crippen molar-refractivity contribution in [2.24, 2.45) is 0 Å². The van der Waals surface area contributed by atoms with Gasteiger partial charge in [-0.1, -0.05) is 0 Å². The number of rotatable bonds is 8. The van der Waals surface area contributed by atoms with Crippen LogP contribution in [0.4, 0.5) is 11.5 Å². The van der Waals surface area contributed by atoms with Crippen LogP contribution in [0.2, 0.25) is 0 Å². The fourth-order valence-electron chi connectivity index (χ4n) is 2.07. The van der Waals surface area contributed by atoms with E-state index in [4.69, 9.17) is 14.2 Å². The van der Waals surface area contributed by atoms with Crippen molar-refractivity contribution < 1.29 is 19.0 Å². The number of nitrogens with zero attached hydrogens (tertiary/aromatic N) is 1. The Morgan fingerprint density at radius 1 is 1.08 bits per heavy atom. The summed E-state index contributed by atoms with van der Waals surface area (Å²) in [6, 6.07) is 8.52. The average molecular weight is 331 g/mol. The van der Waals surface area contributed by atoms with Gasteiger partial charge in [0, 0.05) is 37.2 Å². The third-order valence-electron chi connectivity index (χ3n) is 3.28. The third kappa shape index (κ3) is 4.60. The van der Waals surface area contributed by atoms with E-state index in [0.717, 1.165) is 0 Å². The molecule has 1 heterocycles. The molecular weight excluding hydrogens is 310 g/mol. The van der Waals surface area contributed by atoms with Crippen molar-refractivity contribution >= 4 is 17.4 Å². The van der Waals surface area contributed by atoms with Crippen LogP contribution in [0, 0.1) is 0 Å². The molecule has 0 saturated heterocycles. The maximum atomic E-state index is 12.4. The predicted octanol–water partition coefficient (Wildman–Crippen LogP) is 2.41. The second-order valence-corrected chi connectivity index (χ2v) is 4.87. The lowest BCUT2D eigenvalue weighted by molar-refractivity contribution is 0.102. The minimum atomic E-state index is -0.237. The van der Waals surface area contributed by atoms with Crippen molar-refractivity contribution in [2.75, 3.05) is 45.1 Å². The summed E-state index contributed by atoms with van der Waals surface area (Å²) < 4.78 is 15.4. The van der Waals surface area contributed by atoms with Crippen molar-refractivity contribution in [3.8, 4) is 11.5 Å². The number of aromatic nitrogens is 1. The van der Waals surface area contributed by atoms with Crippen molar-refractivity contribution in [2.45, 2.75) is 0 Å². The van der Waals surface area contributed by atoms with Crippen molar-refractivity contribution in [3.63, 3.8) is 0 Å². The first-order valence-corrected chi connectivity index (χ1v) is 7.40. The molecule has 2 rings (SSSR count). The zero-order chi connectivity index (χ0) is 17.4. The molecule has 0 spiro atoms. The molecule has 1 amide bonds. The number of hydrogen-bond donors (Lipinski definition) is 2. The van der Waals surface area contributed by atoms with Gasteiger partial charge >= 0.3 is 0 Å². The van der Waals surface area contributed by atoms with E-state index >= 15 is 0 Å². The van der Waals surface area contributed by atoms with Crippen molar-refractivity contribution in [1.29, 1.82) is 0 Å². The summed E-state index contributed by atoms with van der Waals surface area (Å²) in [5.74, 6) is 1.53. The fraction of sp³-hybridized carbons (Fsp3) is 0.294. The van der Waals surface area contributed by atoms with E-state index in [9.17, 15) is 4.79 Å². The van der Waals surface area contributed by atoms with Crippen LogP contribution < -0.4 is 20.1 Å². The first-order chi connectivity index (χ1) is 11.7. The number of benzene rings is 1. The van der Waals surface area contributed by atoms with Gasteiger partial charge in [0.1, 0.15) is 5.82 Å². The Balaban J connectivity index is 2.08. The molecule has 1 aromatic carbocycles. The molecule has 24 heavy (non-hydrogen) atoms. The molecule has 128 valence electrons. The number of anilines is 2. The Bertz CT molecular complexity index is 691. The highest BCUT2D eigenvalue weighted by Crippen LogP contribution is 2.29. The number of carbonyl (C=O) groups excluding carboxylic acids is 1. The van der Waals surface area contributed by atoms with E-state index < -0.39 is 0 Å². The van der Waals surface area contributed by atoms with E-state index in [0.29, 0.717) is 41.7 Å². The van der Waals surface area contributed by atoms with E-state index in [-0.39, 0.29) is 5.91 Å². The molecule has 0 atom stereocenters. The monoisotopic (exact) mass is 331 g/mol. The van der Waals surface area contributed by atoms with Crippen LogP contribution in [-0.2, 0) is 4.74 Å². The second-order valence-electron chi connectivity index (χ2n) is 4.87. The molecule has 0 saturated carbocycles. The zero-order valence-corrected chi connectivity index (χ0v) is 14.0. The lowest BCUT2D eigenvalue weighted by atomic mass is 10.2. The minimum Gasteiger partial charge on any atom is -0.493 e. The fourth-order valence-corrected chi connectivity index (χ4v) is 2.07. The van der Waals surface area contributed by atoms with Gasteiger partial charge in [0.15, 0.2) is 11.5 Å². The van der Waals surface area contributed by atoms with Crippen LogP contribution in [0.3, 0.4) is 0 Å². The Morgan fingerprint density at radius 3 is 2.58 bits per heavy atom. The molecular formula is C17H21N3O4. The number of nitrogens with one attached hydrogen (secondary N) is 2. The minimum absolute atomic E-state index is 0.237. The highest BCUT2D eigenvalue weighted by Gasteiger charge is 2.10. The summed E-state index contributed by atoms with van der Waals surface area (Å²) in [7, 11) is 4.73. The Labute approximate surface area is 140 Å². The van der Waals surface area contributed by atoms with Crippen LogP contribution in [0.25, 0.3) is 0 Å². The van der Waals surface area contributed by atoms with Crippen LogP contribution in [0.15, 0.2) is 36.5 Å². The van der Waals surface area contributed by atoms with Crippen LogP contribution in [0.1, 0.15) is 10.4 Å². The molecule has 0 bridgehead atoms. The smallest absolute Gasteiger partial charge is 0.255 e. The Hall–Kier alpha value is -2.80. The average Bonchev–Trinajstić information content (AvgIpc) is 2.62.